The van der Waals surface area contributed by atoms with Crippen molar-refractivity contribution in [2.24, 2.45) is 0 Å². The fourth-order valence-corrected chi connectivity index (χ4v) is 2.05. The van der Waals surface area contributed by atoms with Crippen LogP contribution in [0, 0.1) is 0 Å². The van der Waals surface area contributed by atoms with Crippen LogP contribution in [-0.4, -0.2) is 5.78 Å². The Hall–Kier alpha value is -1.63. The number of allylic oxidation sites excluding steroid dienone is 3. The van der Waals surface area contributed by atoms with Gasteiger partial charge < -0.3 is 0 Å². The average Bonchev–Trinajstić information content (AvgIpc) is 2.62. The molecule has 0 aliphatic heterocycles. The van der Waals surface area contributed by atoms with Crippen LogP contribution >= 0.6 is 0 Å². The van der Waals surface area contributed by atoms with Gasteiger partial charge in [0.2, 0.25) is 0 Å². The third-order valence-corrected chi connectivity index (χ3v) is 2.95. The third kappa shape index (κ3) is 2.13. The standard InChI is InChI=1S/C15H16O/c1-11(2)14-9-8-13(15(14)16)10-12-6-4-3-5-7-12/h3-7,10H,8-9H2,1-2H3/b13-10-. The van der Waals surface area contributed by atoms with Crippen molar-refractivity contribution < 1.29 is 4.79 Å². The van der Waals surface area contributed by atoms with Gasteiger partial charge in [0.25, 0.3) is 0 Å². The van der Waals surface area contributed by atoms with Gasteiger partial charge in [-0.05, 0) is 43.9 Å². The Morgan fingerprint density at radius 2 is 1.81 bits per heavy atom. The molecule has 2 rings (SSSR count). The highest BCUT2D eigenvalue weighted by Gasteiger charge is 2.23. The smallest absolute Gasteiger partial charge is 0.184 e. The summed E-state index contributed by atoms with van der Waals surface area (Å²) in [5.41, 5.74) is 4.21. The number of carbonyl (C=O) groups is 1. The Morgan fingerprint density at radius 3 is 2.38 bits per heavy atom. The summed E-state index contributed by atoms with van der Waals surface area (Å²) in [4.78, 5) is 12.0. The van der Waals surface area contributed by atoms with Crippen molar-refractivity contribution in [1.29, 1.82) is 0 Å². The van der Waals surface area contributed by atoms with E-state index in [9.17, 15) is 4.79 Å². The Kier molecular flexibility index (Phi) is 3.04. The van der Waals surface area contributed by atoms with E-state index in [0.29, 0.717) is 0 Å². The molecule has 16 heavy (non-hydrogen) atoms. The summed E-state index contributed by atoms with van der Waals surface area (Å²) in [6.45, 7) is 4.03. The van der Waals surface area contributed by atoms with Crippen molar-refractivity contribution in [3.8, 4) is 0 Å². The number of hydrogen-bond acceptors (Lipinski definition) is 1. The molecule has 1 heteroatoms. The lowest BCUT2D eigenvalue weighted by Gasteiger charge is -1.97. The van der Waals surface area contributed by atoms with E-state index < -0.39 is 0 Å². The van der Waals surface area contributed by atoms with Gasteiger partial charge in [0.15, 0.2) is 5.78 Å². The summed E-state index contributed by atoms with van der Waals surface area (Å²) in [6.07, 6.45) is 3.80. The molecule has 1 aliphatic rings. The number of carbonyl (C=O) groups excluding carboxylic acids is 1. The fourth-order valence-electron chi connectivity index (χ4n) is 2.05. The largest absolute Gasteiger partial charge is 0.289 e. The topological polar surface area (TPSA) is 17.1 Å². The van der Waals surface area contributed by atoms with Crippen LogP contribution in [0.5, 0.6) is 0 Å². The first-order valence-corrected chi connectivity index (χ1v) is 5.65. The fraction of sp³-hybridized carbons (Fsp3) is 0.267. The van der Waals surface area contributed by atoms with Gasteiger partial charge in [-0.3, -0.25) is 4.79 Å². The van der Waals surface area contributed by atoms with Gasteiger partial charge >= 0.3 is 0 Å². The summed E-state index contributed by atoms with van der Waals surface area (Å²) in [6, 6.07) is 10.0. The Morgan fingerprint density at radius 1 is 1.12 bits per heavy atom. The second-order valence-corrected chi connectivity index (χ2v) is 4.39. The summed E-state index contributed by atoms with van der Waals surface area (Å²) < 4.78 is 0. The van der Waals surface area contributed by atoms with Crippen LogP contribution in [0.3, 0.4) is 0 Å². The molecule has 1 aromatic carbocycles. The van der Waals surface area contributed by atoms with E-state index in [0.717, 1.165) is 35.1 Å². The maximum absolute atomic E-state index is 12.0. The molecule has 0 N–H and O–H groups in total. The summed E-state index contributed by atoms with van der Waals surface area (Å²) in [7, 11) is 0. The number of benzene rings is 1. The predicted octanol–water partition coefficient (Wildman–Crippen LogP) is 3.77. The average molecular weight is 212 g/mol. The van der Waals surface area contributed by atoms with Gasteiger partial charge in [0.05, 0.1) is 0 Å². The number of rotatable bonds is 1. The lowest BCUT2D eigenvalue weighted by atomic mass is 10.1. The maximum atomic E-state index is 12.0. The van der Waals surface area contributed by atoms with Crippen molar-refractivity contribution in [1.82, 2.24) is 0 Å². The molecule has 0 atom stereocenters. The quantitative estimate of drug-likeness (QED) is 0.648. The van der Waals surface area contributed by atoms with Crippen LogP contribution in [0.25, 0.3) is 6.08 Å². The Labute approximate surface area is 96.5 Å². The zero-order chi connectivity index (χ0) is 11.5. The van der Waals surface area contributed by atoms with Crippen molar-refractivity contribution >= 4 is 11.9 Å². The molecule has 0 heterocycles. The molecule has 82 valence electrons. The number of Topliss-reactive ketones (excluding diaryl/α,β-unsaturated/α-hetero) is 1. The van der Waals surface area contributed by atoms with Gasteiger partial charge in [0.1, 0.15) is 0 Å². The van der Waals surface area contributed by atoms with E-state index in [2.05, 4.69) is 0 Å². The molecule has 1 fully saturated rings. The maximum Gasteiger partial charge on any atom is 0.184 e. The molecule has 0 unspecified atom stereocenters. The first-order chi connectivity index (χ1) is 7.68. The van der Waals surface area contributed by atoms with Crippen LogP contribution in [0.15, 0.2) is 47.1 Å². The van der Waals surface area contributed by atoms with Gasteiger partial charge in [-0.2, -0.15) is 0 Å². The molecule has 0 amide bonds. The normalized spacial score (nSPS) is 18.2. The minimum absolute atomic E-state index is 0.240. The van der Waals surface area contributed by atoms with Crippen LogP contribution in [0.4, 0.5) is 0 Å². The van der Waals surface area contributed by atoms with Crippen molar-refractivity contribution in [2.45, 2.75) is 26.7 Å². The van der Waals surface area contributed by atoms with Crippen molar-refractivity contribution in [3.05, 3.63) is 52.6 Å². The molecule has 0 aromatic heterocycles. The molecule has 0 spiro atoms. The highest BCUT2D eigenvalue weighted by molar-refractivity contribution is 6.13. The van der Waals surface area contributed by atoms with E-state index >= 15 is 0 Å². The van der Waals surface area contributed by atoms with Crippen LogP contribution in [-0.2, 0) is 4.79 Å². The van der Waals surface area contributed by atoms with Crippen molar-refractivity contribution in [3.63, 3.8) is 0 Å². The summed E-state index contributed by atoms with van der Waals surface area (Å²) in [5, 5.41) is 0. The second kappa shape index (κ2) is 4.48. The highest BCUT2D eigenvalue weighted by atomic mass is 16.1. The lowest BCUT2D eigenvalue weighted by molar-refractivity contribution is -0.111. The SMILES string of the molecule is CC(C)=C1CC/C(=C/c2ccccc2)C1=O. The molecule has 1 aliphatic carbocycles. The zero-order valence-corrected chi connectivity index (χ0v) is 9.79. The monoisotopic (exact) mass is 212 g/mol. The molecule has 1 aromatic rings. The summed E-state index contributed by atoms with van der Waals surface area (Å²) in [5.74, 6) is 0.240. The van der Waals surface area contributed by atoms with Crippen LogP contribution in [0.2, 0.25) is 0 Å². The Bertz CT molecular complexity index is 459. The van der Waals surface area contributed by atoms with Crippen LogP contribution < -0.4 is 0 Å². The second-order valence-electron chi connectivity index (χ2n) is 4.39. The van der Waals surface area contributed by atoms with Gasteiger partial charge in [-0.1, -0.05) is 35.9 Å². The number of hydrogen-bond donors (Lipinski definition) is 0. The number of ketones is 1. The van der Waals surface area contributed by atoms with E-state index in [-0.39, 0.29) is 5.78 Å². The van der Waals surface area contributed by atoms with Gasteiger partial charge in [-0.25, -0.2) is 0 Å². The molecule has 0 bridgehead atoms. The van der Waals surface area contributed by atoms with E-state index in [1.54, 1.807) is 0 Å². The Balaban J connectivity index is 2.29. The lowest BCUT2D eigenvalue weighted by Crippen LogP contribution is -1.97. The third-order valence-electron chi connectivity index (χ3n) is 2.95. The first-order valence-electron chi connectivity index (χ1n) is 5.65. The first kappa shape index (κ1) is 10.9. The highest BCUT2D eigenvalue weighted by Crippen LogP contribution is 2.29. The van der Waals surface area contributed by atoms with E-state index in [1.165, 1.54) is 0 Å². The minimum Gasteiger partial charge on any atom is -0.289 e. The molecule has 0 saturated heterocycles. The van der Waals surface area contributed by atoms with Gasteiger partial charge in [-0.15, -0.1) is 0 Å². The minimum atomic E-state index is 0.240. The van der Waals surface area contributed by atoms with E-state index in [1.807, 2.05) is 50.3 Å². The zero-order valence-electron chi connectivity index (χ0n) is 9.79. The van der Waals surface area contributed by atoms with Crippen molar-refractivity contribution in [2.75, 3.05) is 0 Å². The molecule has 1 nitrogen and oxygen atoms in total. The molecule has 1 saturated carbocycles. The van der Waals surface area contributed by atoms with Crippen LogP contribution in [0.1, 0.15) is 32.3 Å². The predicted molar refractivity (Wildman–Crippen MR) is 67.0 cm³/mol. The molecular formula is C15H16O. The molecule has 0 radical (unpaired) electrons. The summed E-state index contributed by atoms with van der Waals surface area (Å²) >= 11 is 0. The molecular weight excluding hydrogens is 196 g/mol. The van der Waals surface area contributed by atoms with Gasteiger partial charge in [0, 0.05) is 5.57 Å². The van der Waals surface area contributed by atoms with E-state index in [4.69, 9.17) is 0 Å².